The van der Waals surface area contributed by atoms with E-state index in [0.717, 1.165) is 0 Å². The van der Waals surface area contributed by atoms with E-state index < -0.39 is 30.2 Å². The Morgan fingerprint density at radius 1 is 1.70 bits per heavy atom. The lowest BCUT2D eigenvalue weighted by Crippen LogP contribution is -2.43. The van der Waals surface area contributed by atoms with E-state index >= 15 is 4.39 Å². The van der Waals surface area contributed by atoms with Crippen LogP contribution < -0.4 is 5.73 Å². The van der Waals surface area contributed by atoms with Crippen molar-refractivity contribution in [3.63, 3.8) is 0 Å². The molecular formula is C13H14FN5O3S. The molecule has 3 rings (SSSR count). The van der Waals surface area contributed by atoms with Crippen molar-refractivity contribution in [1.29, 1.82) is 0 Å². The zero-order chi connectivity index (χ0) is 16.9. The van der Waals surface area contributed by atoms with Crippen LogP contribution in [-0.2, 0) is 4.74 Å². The molecule has 10 heteroatoms. The van der Waals surface area contributed by atoms with E-state index in [-0.39, 0.29) is 21.8 Å². The van der Waals surface area contributed by atoms with Crippen LogP contribution in [0.25, 0.3) is 11.2 Å². The highest BCUT2D eigenvalue weighted by Crippen LogP contribution is 2.43. The molecule has 0 aliphatic carbocycles. The second-order valence-electron chi connectivity index (χ2n) is 5.33. The number of alkyl halides is 1. The standard InChI is InChI=1S/C13H14FN5O3S/c1-3-13(14)8(21)7(5(2)20)22-11(13)19-4-16-6-9(19)17-12(15)18-10(6)23/h1,4-5,7-8,11,20-21H,2H3,(H3,15,17,18,23)/t5-,7+,8-,11+,13?/m0/s1. The van der Waals surface area contributed by atoms with Crippen molar-refractivity contribution in [1.82, 2.24) is 19.5 Å². The summed E-state index contributed by atoms with van der Waals surface area (Å²) in [6, 6.07) is 0. The summed E-state index contributed by atoms with van der Waals surface area (Å²) < 4.78 is 22.0. The van der Waals surface area contributed by atoms with Gasteiger partial charge in [-0.2, -0.15) is 0 Å². The van der Waals surface area contributed by atoms with Gasteiger partial charge in [-0.3, -0.25) is 4.57 Å². The van der Waals surface area contributed by atoms with Gasteiger partial charge in [0.25, 0.3) is 0 Å². The summed E-state index contributed by atoms with van der Waals surface area (Å²) >= 11 is 5.05. The molecular weight excluding hydrogens is 325 g/mol. The van der Waals surface area contributed by atoms with E-state index in [4.69, 9.17) is 29.1 Å². The fourth-order valence-electron chi connectivity index (χ4n) is 2.64. The Morgan fingerprint density at radius 3 is 3.00 bits per heavy atom. The number of nitrogens with one attached hydrogen (secondary N) is 1. The Kier molecular flexibility index (Phi) is 3.61. The van der Waals surface area contributed by atoms with E-state index in [9.17, 15) is 10.2 Å². The van der Waals surface area contributed by atoms with E-state index in [1.54, 1.807) is 0 Å². The minimum atomic E-state index is -2.57. The number of nitrogens with two attached hydrogens (primary N) is 1. The SMILES string of the molecule is C#CC1(F)[C@@H](O)[C@@H]([C@H](C)O)O[C@H]1n1cnc2c(=S)nc(N)[nH]c21. The number of nitrogens with zero attached hydrogens (tertiary/aromatic N) is 3. The second kappa shape index (κ2) is 5.24. The topological polar surface area (TPSA) is 122 Å². The number of nitrogen functional groups attached to an aromatic ring is 1. The molecule has 1 saturated heterocycles. The number of terminal acetylenes is 1. The van der Waals surface area contributed by atoms with Gasteiger partial charge in [-0.15, -0.1) is 6.42 Å². The fourth-order valence-corrected chi connectivity index (χ4v) is 2.89. The first kappa shape index (κ1) is 15.8. The van der Waals surface area contributed by atoms with Crippen molar-refractivity contribution in [3.05, 3.63) is 11.0 Å². The number of aromatic amines is 1. The molecule has 1 fully saturated rings. The van der Waals surface area contributed by atoms with Crippen LogP contribution in [-0.4, -0.2) is 53.7 Å². The van der Waals surface area contributed by atoms with Gasteiger partial charge in [0.15, 0.2) is 16.8 Å². The predicted octanol–water partition coefficient (Wildman–Crippen LogP) is 0.0517. The lowest BCUT2D eigenvalue weighted by atomic mass is 9.95. The molecule has 0 bridgehead atoms. The maximum absolute atomic E-state index is 15.1. The van der Waals surface area contributed by atoms with E-state index in [1.165, 1.54) is 17.8 Å². The molecule has 3 heterocycles. The molecule has 2 aromatic rings. The average Bonchev–Trinajstić information content (AvgIpc) is 3.00. The molecule has 1 aliphatic heterocycles. The number of ether oxygens (including phenoxy) is 1. The Bertz CT molecular complexity index is 859. The molecule has 1 unspecified atom stereocenters. The third kappa shape index (κ3) is 2.21. The van der Waals surface area contributed by atoms with Gasteiger partial charge in [-0.05, 0) is 6.92 Å². The van der Waals surface area contributed by atoms with Crippen LogP contribution in [0.1, 0.15) is 13.2 Å². The van der Waals surface area contributed by atoms with Crippen molar-refractivity contribution >= 4 is 29.3 Å². The molecule has 1 aliphatic rings. The molecule has 0 radical (unpaired) electrons. The minimum Gasteiger partial charge on any atom is -0.391 e. The third-order valence-corrected chi connectivity index (χ3v) is 4.09. The van der Waals surface area contributed by atoms with Crippen molar-refractivity contribution in [2.75, 3.05) is 5.73 Å². The number of aromatic nitrogens is 4. The highest BCUT2D eigenvalue weighted by molar-refractivity contribution is 7.71. The Balaban J connectivity index is 2.18. The summed E-state index contributed by atoms with van der Waals surface area (Å²) in [4.78, 5) is 10.6. The quantitative estimate of drug-likeness (QED) is 0.450. The number of hydrogen-bond acceptors (Lipinski definition) is 7. The number of imidazole rings is 1. The summed E-state index contributed by atoms with van der Waals surface area (Å²) in [6.45, 7) is 1.37. The van der Waals surface area contributed by atoms with Crippen LogP contribution in [0.5, 0.6) is 0 Å². The molecule has 0 saturated carbocycles. The molecule has 23 heavy (non-hydrogen) atoms. The largest absolute Gasteiger partial charge is 0.391 e. The number of aliphatic hydroxyl groups is 2. The first-order valence-corrected chi connectivity index (χ1v) is 7.11. The number of H-pyrrole nitrogens is 1. The Morgan fingerprint density at radius 2 is 2.39 bits per heavy atom. The molecule has 2 aromatic heterocycles. The Labute approximate surface area is 135 Å². The number of hydrogen-bond donors (Lipinski definition) is 4. The molecule has 0 amide bonds. The normalized spacial score (nSPS) is 32.0. The lowest BCUT2D eigenvalue weighted by molar-refractivity contribution is -0.0776. The van der Waals surface area contributed by atoms with Crippen LogP contribution in [0.2, 0.25) is 0 Å². The summed E-state index contributed by atoms with van der Waals surface area (Å²) in [7, 11) is 0. The zero-order valence-corrected chi connectivity index (χ0v) is 12.8. The minimum absolute atomic E-state index is 0.0139. The Hall–Kier alpha value is -2.06. The number of fused-ring (bicyclic) bond motifs is 1. The van der Waals surface area contributed by atoms with Crippen LogP contribution in [0.15, 0.2) is 6.33 Å². The smallest absolute Gasteiger partial charge is 0.243 e. The van der Waals surface area contributed by atoms with Gasteiger partial charge in [0.2, 0.25) is 5.67 Å². The molecule has 5 atom stereocenters. The maximum Gasteiger partial charge on any atom is 0.243 e. The lowest BCUT2D eigenvalue weighted by Gasteiger charge is -2.23. The number of anilines is 1. The summed E-state index contributed by atoms with van der Waals surface area (Å²) in [6.07, 6.45) is 1.08. The molecule has 8 nitrogen and oxygen atoms in total. The highest BCUT2D eigenvalue weighted by Gasteiger charge is 2.59. The average molecular weight is 339 g/mol. The zero-order valence-electron chi connectivity index (χ0n) is 12.0. The molecule has 0 aromatic carbocycles. The van der Waals surface area contributed by atoms with E-state index in [0.29, 0.717) is 0 Å². The molecule has 0 spiro atoms. The van der Waals surface area contributed by atoms with Crippen molar-refractivity contribution in [3.8, 4) is 12.3 Å². The van der Waals surface area contributed by atoms with Crippen molar-refractivity contribution < 1.29 is 19.3 Å². The van der Waals surface area contributed by atoms with Gasteiger partial charge in [-0.25, -0.2) is 14.4 Å². The molecule has 5 N–H and O–H groups in total. The summed E-state index contributed by atoms with van der Waals surface area (Å²) in [5.41, 5.74) is 3.59. The van der Waals surface area contributed by atoms with Gasteiger partial charge in [0, 0.05) is 0 Å². The van der Waals surface area contributed by atoms with Crippen LogP contribution in [0.4, 0.5) is 10.3 Å². The first-order valence-electron chi connectivity index (χ1n) is 6.70. The van der Waals surface area contributed by atoms with Crippen LogP contribution in [0.3, 0.4) is 0 Å². The maximum atomic E-state index is 15.1. The monoisotopic (exact) mass is 339 g/mol. The van der Waals surface area contributed by atoms with Crippen molar-refractivity contribution in [2.24, 2.45) is 0 Å². The van der Waals surface area contributed by atoms with E-state index in [1.807, 2.05) is 5.92 Å². The van der Waals surface area contributed by atoms with Gasteiger partial charge in [-0.1, -0.05) is 18.1 Å². The summed E-state index contributed by atoms with van der Waals surface area (Å²) in [5.74, 6) is 1.93. The van der Waals surface area contributed by atoms with Gasteiger partial charge in [0.05, 0.1) is 12.4 Å². The van der Waals surface area contributed by atoms with Crippen LogP contribution >= 0.6 is 12.2 Å². The van der Waals surface area contributed by atoms with Crippen LogP contribution in [0, 0.1) is 17.0 Å². The van der Waals surface area contributed by atoms with Gasteiger partial charge >= 0.3 is 0 Å². The second-order valence-corrected chi connectivity index (χ2v) is 5.71. The van der Waals surface area contributed by atoms with E-state index in [2.05, 4.69) is 15.0 Å². The van der Waals surface area contributed by atoms with Gasteiger partial charge < -0.3 is 25.7 Å². The predicted molar refractivity (Wildman–Crippen MR) is 81.4 cm³/mol. The number of halogens is 1. The highest BCUT2D eigenvalue weighted by atomic mass is 32.1. The summed E-state index contributed by atoms with van der Waals surface area (Å²) in [5, 5.41) is 19.8. The first-order chi connectivity index (χ1) is 10.8. The molecule has 122 valence electrons. The van der Waals surface area contributed by atoms with Gasteiger partial charge in [0.1, 0.15) is 23.4 Å². The fraction of sp³-hybridized carbons (Fsp3) is 0.462. The number of rotatable bonds is 2. The third-order valence-electron chi connectivity index (χ3n) is 3.80. The van der Waals surface area contributed by atoms with Crippen molar-refractivity contribution in [2.45, 2.75) is 37.1 Å². The number of aliphatic hydroxyl groups excluding tert-OH is 2.